The summed E-state index contributed by atoms with van der Waals surface area (Å²) >= 11 is 0. The summed E-state index contributed by atoms with van der Waals surface area (Å²) in [6.07, 6.45) is 0. The van der Waals surface area contributed by atoms with E-state index in [9.17, 15) is 4.79 Å². The number of methoxy groups -OCH3 is 2. The molecule has 0 aliphatic heterocycles. The number of carbonyl (C=O) groups is 1. The third-order valence-electron chi connectivity index (χ3n) is 1.95. The van der Waals surface area contributed by atoms with Crippen molar-refractivity contribution in [3.8, 4) is 0 Å². The number of hydrogen-bond donors (Lipinski definition) is 1. The van der Waals surface area contributed by atoms with Crippen molar-refractivity contribution < 1.29 is 14.3 Å². The van der Waals surface area contributed by atoms with Crippen LogP contribution in [0.15, 0.2) is 30.3 Å². The largest absolute Gasteiger partial charge is 0.361 e. The standard InChI is InChI=1S/C8H9NO.C3H10O2Si/c9-6-8(10)7-4-2-1-3-5-7;1-4-3(6)5-2/h1-5H,6,9H2;3H,1-2,6H3. The van der Waals surface area contributed by atoms with Crippen LogP contribution >= 0.6 is 0 Å². The van der Waals surface area contributed by atoms with Crippen molar-refractivity contribution in [1.29, 1.82) is 0 Å². The van der Waals surface area contributed by atoms with Crippen LogP contribution in [-0.4, -0.2) is 42.7 Å². The molecule has 0 amide bonds. The van der Waals surface area contributed by atoms with Crippen LogP contribution in [0.4, 0.5) is 0 Å². The molecule has 0 atom stereocenters. The fourth-order valence-electron chi connectivity index (χ4n) is 0.838. The molecule has 0 bridgehead atoms. The van der Waals surface area contributed by atoms with Crippen molar-refractivity contribution >= 4 is 16.0 Å². The summed E-state index contributed by atoms with van der Waals surface area (Å²) in [6.45, 7) is 0.0873. The Hall–Kier alpha value is -1.01. The van der Waals surface area contributed by atoms with Gasteiger partial charge in [-0.15, -0.1) is 0 Å². The van der Waals surface area contributed by atoms with Gasteiger partial charge in [-0.1, -0.05) is 30.3 Å². The first-order valence-corrected chi connectivity index (χ1v) is 6.15. The molecule has 0 unspecified atom stereocenters. The van der Waals surface area contributed by atoms with Gasteiger partial charge in [0.2, 0.25) is 0 Å². The summed E-state index contributed by atoms with van der Waals surface area (Å²) in [5, 5.41) is 0. The SMILES string of the molecule is COC([SiH3])OC.NCC(=O)c1ccccc1. The van der Waals surface area contributed by atoms with Crippen molar-refractivity contribution in [2.45, 2.75) is 5.91 Å². The van der Waals surface area contributed by atoms with Crippen LogP contribution < -0.4 is 5.73 Å². The number of hydrogen-bond acceptors (Lipinski definition) is 4. The van der Waals surface area contributed by atoms with E-state index < -0.39 is 0 Å². The van der Waals surface area contributed by atoms with Gasteiger partial charge in [-0.3, -0.25) is 4.79 Å². The van der Waals surface area contributed by atoms with Gasteiger partial charge in [0.15, 0.2) is 5.78 Å². The highest BCUT2D eigenvalue weighted by atomic mass is 28.1. The van der Waals surface area contributed by atoms with Gasteiger partial charge in [0.25, 0.3) is 0 Å². The Labute approximate surface area is 99.2 Å². The fourth-order valence-corrected chi connectivity index (χ4v) is 0.838. The highest BCUT2D eigenvalue weighted by Crippen LogP contribution is 1.97. The molecule has 0 saturated heterocycles. The summed E-state index contributed by atoms with van der Waals surface area (Å²) in [6, 6.07) is 9.03. The molecule has 4 nitrogen and oxygen atoms in total. The maximum Gasteiger partial charge on any atom is 0.176 e. The first kappa shape index (κ1) is 15.0. The molecule has 1 aromatic carbocycles. The Bertz CT molecular complexity index is 289. The summed E-state index contributed by atoms with van der Waals surface area (Å²) in [4.78, 5) is 10.9. The van der Waals surface area contributed by atoms with Crippen molar-refractivity contribution in [3.05, 3.63) is 35.9 Å². The Kier molecular flexibility index (Phi) is 8.65. The Morgan fingerprint density at radius 2 is 1.81 bits per heavy atom. The molecule has 2 N–H and O–H groups in total. The predicted octanol–water partition coefficient (Wildman–Crippen LogP) is -0.244. The van der Waals surface area contributed by atoms with Crippen LogP contribution in [0.1, 0.15) is 10.4 Å². The average Bonchev–Trinajstić information content (AvgIpc) is 2.38. The molecule has 0 fully saturated rings. The Morgan fingerprint density at radius 1 is 1.31 bits per heavy atom. The second-order valence-electron chi connectivity index (χ2n) is 3.03. The number of benzene rings is 1. The Balaban J connectivity index is 0.000000325. The lowest BCUT2D eigenvalue weighted by molar-refractivity contribution is -0.0411. The van der Waals surface area contributed by atoms with E-state index in [2.05, 4.69) is 0 Å². The molecular weight excluding hydrogens is 222 g/mol. The minimum atomic E-state index is -0.0133. The highest BCUT2D eigenvalue weighted by molar-refractivity contribution is 6.09. The minimum Gasteiger partial charge on any atom is -0.361 e. The van der Waals surface area contributed by atoms with Crippen molar-refractivity contribution in [2.75, 3.05) is 20.8 Å². The topological polar surface area (TPSA) is 61.6 Å². The van der Waals surface area contributed by atoms with Gasteiger partial charge in [-0.2, -0.15) is 0 Å². The summed E-state index contributed by atoms with van der Waals surface area (Å²) in [5.41, 5.74) is 5.84. The van der Waals surface area contributed by atoms with Crippen LogP contribution in [0, 0.1) is 0 Å². The second-order valence-corrected chi connectivity index (χ2v) is 3.98. The van der Waals surface area contributed by atoms with E-state index in [1.807, 2.05) is 18.2 Å². The Morgan fingerprint density at radius 3 is 2.12 bits per heavy atom. The number of rotatable bonds is 4. The third kappa shape index (κ3) is 6.47. The van der Waals surface area contributed by atoms with E-state index in [0.29, 0.717) is 5.56 Å². The van der Waals surface area contributed by atoms with E-state index in [-0.39, 0.29) is 18.2 Å². The molecule has 1 aromatic rings. The van der Waals surface area contributed by atoms with E-state index >= 15 is 0 Å². The van der Waals surface area contributed by atoms with Gasteiger partial charge in [-0.05, 0) is 0 Å². The molecule has 0 spiro atoms. The molecule has 90 valence electrons. The molecule has 5 heteroatoms. The molecule has 0 saturated carbocycles. The summed E-state index contributed by atoms with van der Waals surface area (Å²) in [5.74, 6) is 0.0607. The molecule has 0 aliphatic rings. The van der Waals surface area contributed by atoms with Crippen LogP contribution in [0.5, 0.6) is 0 Å². The highest BCUT2D eigenvalue weighted by Gasteiger charge is 1.98. The van der Waals surface area contributed by atoms with Gasteiger partial charge in [0, 0.05) is 19.8 Å². The first-order chi connectivity index (χ1) is 7.65. The summed E-state index contributed by atoms with van der Waals surface area (Å²) in [7, 11) is 4.23. The van der Waals surface area contributed by atoms with E-state index in [1.54, 1.807) is 26.4 Å². The van der Waals surface area contributed by atoms with Gasteiger partial charge in [0.1, 0.15) is 5.91 Å². The number of ketones is 1. The summed E-state index contributed by atoms with van der Waals surface area (Å²) < 4.78 is 9.48. The molecule has 0 aromatic heterocycles. The smallest absolute Gasteiger partial charge is 0.176 e. The predicted molar refractivity (Wildman–Crippen MR) is 67.6 cm³/mol. The molecular formula is C11H19NO3Si. The van der Waals surface area contributed by atoms with Crippen LogP contribution in [0.3, 0.4) is 0 Å². The van der Waals surface area contributed by atoms with Crippen molar-refractivity contribution in [2.24, 2.45) is 5.73 Å². The van der Waals surface area contributed by atoms with Gasteiger partial charge in [0.05, 0.1) is 16.8 Å². The lowest BCUT2D eigenvalue weighted by atomic mass is 10.1. The number of Topliss-reactive ketones (excluding diaryl/α,β-unsaturated/α-hetero) is 1. The van der Waals surface area contributed by atoms with E-state index in [4.69, 9.17) is 15.2 Å². The number of nitrogens with two attached hydrogens (primary N) is 1. The molecule has 16 heavy (non-hydrogen) atoms. The zero-order valence-electron chi connectivity index (χ0n) is 9.97. The molecule has 0 aliphatic carbocycles. The van der Waals surface area contributed by atoms with Gasteiger partial charge in [-0.25, -0.2) is 0 Å². The van der Waals surface area contributed by atoms with Crippen LogP contribution in [-0.2, 0) is 9.47 Å². The second kappa shape index (κ2) is 9.23. The van der Waals surface area contributed by atoms with Crippen molar-refractivity contribution in [3.63, 3.8) is 0 Å². The minimum absolute atomic E-state index is 0.0133. The maximum absolute atomic E-state index is 10.9. The molecule has 0 radical (unpaired) electrons. The number of carbonyl (C=O) groups excluding carboxylic acids is 1. The monoisotopic (exact) mass is 241 g/mol. The quantitative estimate of drug-likeness (QED) is 0.449. The zero-order valence-corrected chi connectivity index (χ0v) is 12.0. The third-order valence-corrected chi connectivity index (χ3v) is 2.89. The zero-order chi connectivity index (χ0) is 12.4. The molecule has 1 rings (SSSR count). The van der Waals surface area contributed by atoms with Crippen LogP contribution in [0.2, 0.25) is 0 Å². The fraction of sp³-hybridized carbons (Fsp3) is 0.364. The van der Waals surface area contributed by atoms with Gasteiger partial charge >= 0.3 is 0 Å². The van der Waals surface area contributed by atoms with E-state index in [1.165, 1.54) is 0 Å². The molecule has 0 heterocycles. The normalized spacial score (nSPS) is 9.75. The average molecular weight is 241 g/mol. The maximum atomic E-state index is 10.9. The van der Waals surface area contributed by atoms with Gasteiger partial charge < -0.3 is 15.2 Å². The van der Waals surface area contributed by atoms with Crippen LogP contribution in [0.25, 0.3) is 0 Å². The first-order valence-electron chi connectivity index (χ1n) is 4.99. The van der Waals surface area contributed by atoms with Crippen molar-refractivity contribution in [1.82, 2.24) is 0 Å². The van der Waals surface area contributed by atoms with E-state index in [0.717, 1.165) is 10.2 Å². The lowest BCUT2D eigenvalue weighted by Gasteiger charge is -2.03. The number of ether oxygens (including phenoxy) is 2. The lowest BCUT2D eigenvalue weighted by Crippen LogP contribution is -2.12.